The molecule has 1 aliphatic heterocycles. The van der Waals surface area contributed by atoms with Crippen molar-refractivity contribution in [3.63, 3.8) is 0 Å². The van der Waals surface area contributed by atoms with Crippen molar-refractivity contribution < 1.29 is 9.47 Å². The number of nitrogens with two attached hydrogens (primary N) is 1. The normalized spacial score (nSPS) is 14.4. The van der Waals surface area contributed by atoms with Crippen LogP contribution >= 0.6 is 35.6 Å². The van der Waals surface area contributed by atoms with Gasteiger partial charge in [-0.15, -0.1) is 24.0 Å². The first-order valence-electron chi connectivity index (χ1n) is 8.34. The van der Waals surface area contributed by atoms with E-state index in [1.807, 2.05) is 24.4 Å². The van der Waals surface area contributed by atoms with Crippen LogP contribution in [0.4, 0.5) is 11.5 Å². The minimum atomic E-state index is 0. The zero-order valence-corrected chi connectivity index (χ0v) is 18.1. The van der Waals surface area contributed by atoms with Crippen molar-refractivity contribution in [1.29, 1.82) is 0 Å². The third-order valence-electron chi connectivity index (χ3n) is 4.00. The van der Waals surface area contributed by atoms with Crippen LogP contribution in [0.25, 0.3) is 0 Å². The number of nitrogens with zero attached hydrogens (tertiary/aromatic N) is 3. The Hall–Kier alpha value is -1.78. The number of benzene rings is 1. The highest BCUT2D eigenvalue weighted by atomic mass is 127. The first-order valence-corrected chi connectivity index (χ1v) is 8.71. The first kappa shape index (κ1) is 21.5. The van der Waals surface area contributed by atoms with Gasteiger partial charge in [0.1, 0.15) is 11.6 Å². The van der Waals surface area contributed by atoms with Crippen molar-refractivity contribution in [2.45, 2.75) is 6.54 Å². The van der Waals surface area contributed by atoms with Crippen molar-refractivity contribution in [3.8, 4) is 5.75 Å². The summed E-state index contributed by atoms with van der Waals surface area (Å²) < 4.78 is 10.5. The second kappa shape index (κ2) is 10.5. The Morgan fingerprint density at radius 2 is 2.11 bits per heavy atom. The largest absolute Gasteiger partial charge is 0.495 e. The molecule has 1 fully saturated rings. The van der Waals surface area contributed by atoms with Gasteiger partial charge in [0.05, 0.1) is 31.9 Å². The fourth-order valence-corrected chi connectivity index (χ4v) is 2.86. The number of pyridine rings is 1. The molecule has 1 aromatic carbocycles. The summed E-state index contributed by atoms with van der Waals surface area (Å²) >= 11 is 6.10. The fourth-order valence-electron chi connectivity index (χ4n) is 2.60. The summed E-state index contributed by atoms with van der Waals surface area (Å²) in [5.41, 5.74) is 7.68. The molecule has 0 radical (unpaired) electrons. The smallest absolute Gasteiger partial charge is 0.193 e. The summed E-state index contributed by atoms with van der Waals surface area (Å²) in [6.07, 6.45) is 1.83. The average Bonchev–Trinajstić information content (AvgIpc) is 2.68. The molecule has 0 amide bonds. The maximum Gasteiger partial charge on any atom is 0.193 e. The van der Waals surface area contributed by atoms with Crippen molar-refractivity contribution in [2.75, 3.05) is 43.6 Å². The summed E-state index contributed by atoms with van der Waals surface area (Å²) in [5, 5.41) is 3.52. The van der Waals surface area contributed by atoms with Crippen LogP contribution in [0.3, 0.4) is 0 Å². The van der Waals surface area contributed by atoms with E-state index in [9.17, 15) is 0 Å². The number of guanidine groups is 1. The topological polar surface area (TPSA) is 85.0 Å². The number of hydrogen-bond acceptors (Lipinski definition) is 5. The van der Waals surface area contributed by atoms with Crippen LogP contribution in [0.2, 0.25) is 5.02 Å². The molecule has 7 nitrogen and oxygen atoms in total. The van der Waals surface area contributed by atoms with Crippen molar-refractivity contribution >= 4 is 53.0 Å². The standard InChI is InChI=1S/C18H22ClN5O2.HI/c1-25-16-4-3-14(10-15(16)19)23-18(20)22-12-13-2-5-17(21-11-13)24-6-8-26-9-7-24;/h2-5,10-11H,6-9,12H2,1H3,(H3,20,22,23);1H. The van der Waals surface area contributed by atoms with E-state index in [1.54, 1.807) is 19.2 Å². The molecular formula is C18H23ClIN5O2. The van der Waals surface area contributed by atoms with E-state index in [-0.39, 0.29) is 24.0 Å². The van der Waals surface area contributed by atoms with Gasteiger partial charge in [-0.25, -0.2) is 9.98 Å². The quantitative estimate of drug-likeness (QED) is 0.371. The third-order valence-corrected chi connectivity index (χ3v) is 4.30. The number of aliphatic imine (C=N–C) groups is 1. The van der Waals surface area contributed by atoms with E-state index in [4.69, 9.17) is 26.8 Å². The molecule has 0 spiro atoms. The first-order chi connectivity index (χ1) is 12.7. The van der Waals surface area contributed by atoms with E-state index in [2.05, 4.69) is 20.2 Å². The van der Waals surface area contributed by atoms with Gasteiger partial charge in [-0.3, -0.25) is 0 Å². The zero-order valence-electron chi connectivity index (χ0n) is 15.0. The van der Waals surface area contributed by atoms with Crippen LogP contribution in [0.15, 0.2) is 41.5 Å². The van der Waals surface area contributed by atoms with Crippen molar-refractivity contribution in [2.24, 2.45) is 10.7 Å². The average molecular weight is 504 g/mol. The van der Waals surface area contributed by atoms with Crippen LogP contribution in [0.5, 0.6) is 5.75 Å². The molecule has 0 unspecified atom stereocenters. The molecule has 1 aromatic heterocycles. The molecule has 146 valence electrons. The van der Waals surface area contributed by atoms with Crippen LogP contribution in [-0.4, -0.2) is 44.4 Å². The van der Waals surface area contributed by atoms with E-state index < -0.39 is 0 Å². The summed E-state index contributed by atoms with van der Waals surface area (Å²) in [6.45, 7) is 3.66. The summed E-state index contributed by atoms with van der Waals surface area (Å²) in [7, 11) is 1.57. The molecule has 9 heteroatoms. The Balaban J connectivity index is 0.00000261. The molecule has 3 N–H and O–H groups in total. The van der Waals surface area contributed by atoms with Gasteiger partial charge >= 0.3 is 0 Å². The van der Waals surface area contributed by atoms with Gasteiger partial charge in [-0.05, 0) is 29.8 Å². The molecule has 0 saturated carbocycles. The summed E-state index contributed by atoms with van der Waals surface area (Å²) in [6, 6.07) is 9.35. The second-order valence-electron chi connectivity index (χ2n) is 5.80. The predicted octanol–water partition coefficient (Wildman–Crippen LogP) is 3.13. The Morgan fingerprint density at radius 1 is 1.33 bits per heavy atom. The van der Waals surface area contributed by atoms with Crippen LogP contribution in [-0.2, 0) is 11.3 Å². The maximum absolute atomic E-state index is 6.10. The predicted molar refractivity (Wildman–Crippen MR) is 120 cm³/mol. The van der Waals surface area contributed by atoms with Gasteiger partial charge in [0.15, 0.2) is 5.96 Å². The molecule has 27 heavy (non-hydrogen) atoms. The van der Waals surface area contributed by atoms with Crippen molar-refractivity contribution in [3.05, 3.63) is 47.1 Å². The zero-order chi connectivity index (χ0) is 18.4. The maximum atomic E-state index is 6.10. The lowest BCUT2D eigenvalue weighted by molar-refractivity contribution is 0.122. The number of hydrogen-bond donors (Lipinski definition) is 2. The monoisotopic (exact) mass is 503 g/mol. The third kappa shape index (κ3) is 6.12. The van der Waals surface area contributed by atoms with E-state index in [0.29, 0.717) is 23.3 Å². The number of ether oxygens (including phenoxy) is 2. The van der Waals surface area contributed by atoms with E-state index in [1.165, 1.54) is 0 Å². The molecule has 2 aromatic rings. The van der Waals surface area contributed by atoms with Crippen LogP contribution in [0.1, 0.15) is 5.56 Å². The SMILES string of the molecule is COc1ccc(NC(N)=NCc2ccc(N3CCOCC3)nc2)cc1Cl.I. The lowest BCUT2D eigenvalue weighted by Crippen LogP contribution is -2.36. The van der Waals surface area contributed by atoms with Crippen LogP contribution in [0, 0.1) is 0 Å². The van der Waals surface area contributed by atoms with Crippen LogP contribution < -0.4 is 20.7 Å². The minimum absolute atomic E-state index is 0. The summed E-state index contributed by atoms with van der Waals surface area (Å²) in [5.74, 6) is 1.88. The summed E-state index contributed by atoms with van der Waals surface area (Å²) in [4.78, 5) is 11.1. The van der Waals surface area contributed by atoms with Gasteiger partial charge in [0.2, 0.25) is 0 Å². The second-order valence-corrected chi connectivity index (χ2v) is 6.21. The highest BCUT2D eigenvalue weighted by Gasteiger charge is 2.11. The Labute approximate surface area is 180 Å². The highest BCUT2D eigenvalue weighted by Crippen LogP contribution is 2.27. The number of aromatic nitrogens is 1. The fraction of sp³-hybridized carbons (Fsp3) is 0.333. The Bertz CT molecular complexity index is 767. The number of anilines is 2. The highest BCUT2D eigenvalue weighted by molar-refractivity contribution is 14.0. The van der Waals surface area contributed by atoms with Gasteiger partial charge in [-0.2, -0.15) is 0 Å². The molecule has 1 saturated heterocycles. The molecular weight excluding hydrogens is 481 g/mol. The minimum Gasteiger partial charge on any atom is -0.495 e. The molecule has 0 atom stereocenters. The Kier molecular flexibility index (Phi) is 8.39. The molecule has 1 aliphatic rings. The van der Waals surface area contributed by atoms with E-state index in [0.717, 1.165) is 43.4 Å². The molecule has 0 aliphatic carbocycles. The number of halogens is 2. The number of rotatable bonds is 5. The lowest BCUT2D eigenvalue weighted by Gasteiger charge is -2.27. The number of morpholine rings is 1. The van der Waals surface area contributed by atoms with Crippen molar-refractivity contribution in [1.82, 2.24) is 4.98 Å². The lowest BCUT2D eigenvalue weighted by atomic mass is 10.2. The van der Waals surface area contributed by atoms with Gasteiger partial charge in [0, 0.05) is 25.0 Å². The molecule has 0 bridgehead atoms. The number of nitrogens with one attached hydrogen (secondary N) is 1. The van der Waals surface area contributed by atoms with Gasteiger partial charge in [0.25, 0.3) is 0 Å². The Morgan fingerprint density at radius 3 is 2.74 bits per heavy atom. The molecule has 2 heterocycles. The van der Waals surface area contributed by atoms with Gasteiger partial charge < -0.3 is 25.4 Å². The van der Waals surface area contributed by atoms with E-state index >= 15 is 0 Å². The number of methoxy groups -OCH3 is 1. The van der Waals surface area contributed by atoms with Gasteiger partial charge in [-0.1, -0.05) is 17.7 Å². The molecule has 3 rings (SSSR count).